The fraction of sp³-hybridized carbons (Fsp3) is 0.714. The van der Waals surface area contributed by atoms with Crippen molar-refractivity contribution in [1.29, 1.82) is 0 Å². The van der Waals surface area contributed by atoms with Gasteiger partial charge in [0.05, 0.1) is 0 Å². The second kappa shape index (κ2) is 17.7. The quantitative estimate of drug-likeness (QED) is 0.181. The number of hydrogen-bond acceptors (Lipinski definition) is 8. The van der Waals surface area contributed by atoms with Gasteiger partial charge >= 0.3 is 41.6 Å². The Morgan fingerprint density at radius 1 is 1.28 bits per heavy atom. The Balaban J connectivity index is 0. The Bertz CT molecular complexity index is 604. The number of rotatable bonds is 8. The van der Waals surface area contributed by atoms with Crippen molar-refractivity contribution >= 4 is 6.09 Å². The molecule has 182 valence electrons. The topological polar surface area (TPSA) is 149 Å². The number of nitrogens with zero attached hydrogens (tertiary/aromatic N) is 3. The summed E-state index contributed by atoms with van der Waals surface area (Å²) in [6, 6.07) is 1.75. The van der Waals surface area contributed by atoms with Gasteiger partial charge in [0.15, 0.2) is 6.61 Å². The van der Waals surface area contributed by atoms with Crippen LogP contribution in [0.25, 0.3) is 0 Å². The first-order valence-electron chi connectivity index (χ1n) is 10.7. The monoisotopic (exact) mass is 468 g/mol. The fourth-order valence-corrected chi connectivity index (χ4v) is 3.17. The number of aromatic nitrogens is 2. The van der Waals surface area contributed by atoms with Crippen molar-refractivity contribution in [2.24, 2.45) is 5.92 Å². The summed E-state index contributed by atoms with van der Waals surface area (Å²) >= 11 is 0. The molecule has 1 unspecified atom stereocenters. The zero-order valence-electron chi connectivity index (χ0n) is 19.9. The number of ether oxygens (including phenoxy) is 1. The SMILES string of the molecule is CC.CCCC1CCN(C(=O)OCC(O)(O)O)C1.[CH2-]CC(C[CH2-])c1ccnn1C(O)O.[Na+]. The van der Waals surface area contributed by atoms with Crippen molar-refractivity contribution in [2.45, 2.75) is 71.2 Å². The number of carbonyl (C=O) groups is 1. The molecule has 1 fully saturated rings. The first-order valence-corrected chi connectivity index (χ1v) is 10.7. The summed E-state index contributed by atoms with van der Waals surface area (Å²) in [5.41, 5.74) is 0.764. The number of carbonyl (C=O) groups excluding carboxylic acids is 1. The molecule has 1 aromatic heterocycles. The minimum Gasteiger partial charge on any atom is -0.441 e. The van der Waals surface area contributed by atoms with Crippen LogP contribution in [0.2, 0.25) is 0 Å². The molecule has 2 rings (SSSR count). The summed E-state index contributed by atoms with van der Waals surface area (Å²) in [6.45, 7) is 14.1. The number of aliphatic hydroxyl groups is 5. The molecule has 32 heavy (non-hydrogen) atoms. The first-order chi connectivity index (χ1) is 14.6. The van der Waals surface area contributed by atoms with Crippen molar-refractivity contribution in [3.05, 3.63) is 31.8 Å². The summed E-state index contributed by atoms with van der Waals surface area (Å²) in [5.74, 6) is -2.32. The van der Waals surface area contributed by atoms with Gasteiger partial charge < -0.3 is 49.0 Å². The number of likely N-dealkylation sites (tertiary alicyclic amines) is 1. The Hall–Kier alpha value is -0.720. The molecule has 1 aliphatic rings. The van der Waals surface area contributed by atoms with Gasteiger partial charge in [0.25, 0.3) is 6.41 Å². The molecule has 10 nitrogen and oxygen atoms in total. The smallest absolute Gasteiger partial charge is 0.441 e. The van der Waals surface area contributed by atoms with Gasteiger partial charge in [-0.3, -0.25) is 0 Å². The predicted octanol–water partition coefficient (Wildman–Crippen LogP) is -1.24. The molecule has 0 saturated carbocycles. The average Bonchev–Trinajstić information content (AvgIpc) is 3.39. The van der Waals surface area contributed by atoms with Crippen LogP contribution in [0.3, 0.4) is 0 Å². The van der Waals surface area contributed by atoms with Gasteiger partial charge in [-0.25, -0.2) is 9.48 Å². The maximum absolute atomic E-state index is 11.4. The molecule has 1 aliphatic heterocycles. The third kappa shape index (κ3) is 12.5. The van der Waals surface area contributed by atoms with E-state index in [0.29, 0.717) is 31.8 Å². The molecule has 0 aliphatic carbocycles. The third-order valence-corrected chi connectivity index (χ3v) is 4.67. The molecule has 5 N–H and O–H groups in total. The zero-order valence-corrected chi connectivity index (χ0v) is 21.9. The maximum Gasteiger partial charge on any atom is 1.00 e. The van der Waals surface area contributed by atoms with Gasteiger partial charge in [0, 0.05) is 25.0 Å². The van der Waals surface area contributed by atoms with Crippen LogP contribution in [-0.4, -0.2) is 72.0 Å². The Morgan fingerprint density at radius 3 is 2.34 bits per heavy atom. The summed E-state index contributed by atoms with van der Waals surface area (Å²) in [7, 11) is 0. The van der Waals surface area contributed by atoms with Gasteiger partial charge in [-0.1, -0.05) is 33.1 Å². The zero-order chi connectivity index (χ0) is 24.0. The van der Waals surface area contributed by atoms with E-state index in [1.54, 1.807) is 6.07 Å². The minimum atomic E-state index is -2.95. The van der Waals surface area contributed by atoms with Crippen LogP contribution < -0.4 is 29.6 Å². The fourth-order valence-electron chi connectivity index (χ4n) is 3.17. The van der Waals surface area contributed by atoms with E-state index in [2.05, 4.69) is 30.6 Å². The van der Waals surface area contributed by atoms with Crippen LogP contribution in [0.15, 0.2) is 12.3 Å². The van der Waals surface area contributed by atoms with Crippen LogP contribution in [0, 0.1) is 19.8 Å². The molecule has 0 radical (unpaired) electrons. The van der Waals surface area contributed by atoms with E-state index in [0.717, 1.165) is 25.0 Å². The van der Waals surface area contributed by atoms with Crippen LogP contribution in [0.5, 0.6) is 0 Å². The molecule has 1 amide bonds. The molecule has 0 spiro atoms. The normalized spacial score (nSPS) is 15.5. The first kappa shape index (κ1) is 33.5. The molecule has 1 saturated heterocycles. The van der Waals surface area contributed by atoms with Gasteiger partial charge in [-0.2, -0.15) is 17.9 Å². The second-order valence-electron chi connectivity index (χ2n) is 7.04. The molecule has 1 atom stereocenters. The van der Waals surface area contributed by atoms with E-state index < -0.39 is 25.1 Å². The Morgan fingerprint density at radius 2 is 1.88 bits per heavy atom. The van der Waals surface area contributed by atoms with Crippen molar-refractivity contribution in [3.63, 3.8) is 0 Å². The summed E-state index contributed by atoms with van der Waals surface area (Å²) < 4.78 is 5.72. The number of hydrogen-bond donors (Lipinski definition) is 5. The van der Waals surface area contributed by atoms with Gasteiger partial charge in [0.2, 0.25) is 0 Å². The van der Waals surface area contributed by atoms with Crippen LogP contribution >= 0.6 is 0 Å². The van der Waals surface area contributed by atoms with Crippen molar-refractivity contribution < 1.29 is 64.6 Å². The van der Waals surface area contributed by atoms with Crippen molar-refractivity contribution in [3.8, 4) is 0 Å². The predicted molar refractivity (Wildman–Crippen MR) is 115 cm³/mol. The number of aliphatic hydroxyl groups excluding tert-OH is 1. The van der Waals surface area contributed by atoms with E-state index >= 15 is 0 Å². The van der Waals surface area contributed by atoms with E-state index in [-0.39, 0.29) is 35.5 Å². The molecule has 11 heteroatoms. The van der Waals surface area contributed by atoms with Crippen LogP contribution in [-0.2, 0) is 4.74 Å². The maximum atomic E-state index is 11.4. The summed E-state index contributed by atoms with van der Waals surface area (Å²) in [6.07, 6.45) is 3.79. The molecule has 0 aromatic carbocycles. The summed E-state index contributed by atoms with van der Waals surface area (Å²) in [5, 5.41) is 47.4. The molecular weight excluding hydrogens is 429 g/mol. The Kier molecular flexibility index (Phi) is 18.5. The summed E-state index contributed by atoms with van der Waals surface area (Å²) in [4.78, 5) is 12.9. The van der Waals surface area contributed by atoms with Gasteiger partial charge in [-0.05, 0) is 24.8 Å². The van der Waals surface area contributed by atoms with E-state index in [1.807, 2.05) is 13.8 Å². The van der Waals surface area contributed by atoms with Gasteiger partial charge in [-0.15, -0.1) is 0 Å². The second-order valence-corrected chi connectivity index (χ2v) is 7.04. The van der Waals surface area contributed by atoms with E-state index in [9.17, 15) is 4.79 Å². The molecule has 1 aromatic rings. The average molecular weight is 469 g/mol. The van der Waals surface area contributed by atoms with E-state index in [4.69, 9.17) is 25.5 Å². The van der Waals surface area contributed by atoms with Crippen LogP contribution in [0.1, 0.15) is 70.9 Å². The number of amides is 1. The molecule has 0 bridgehead atoms. The largest absolute Gasteiger partial charge is 1.00 e. The molecular formula is C21H39N3NaO7-. The molecule has 2 heterocycles. The van der Waals surface area contributed by atoms with Gasteiger partial charge in [0.1, 0.15) is 0 Å². The van der Waals surface area contributed by atoms with E-state index in [1.165, 1.54) is 15.8 Å². The van der Waals surface area contributed by atoms with Crippen molar-refractivity contribution in [1.82, 2.24) is 14.7 Å². The standard InChI is InChI=1S/C10H19NO5.C9H14N2O2.C2H6.Na/c1-2-3-8-4-5-11(6-8)9(12)16-7-10(13,14)15;1-3-7(4-2)8-5-6-10-11(8)9(12)13;1-2;/h8,13-15H,2-7H2,1H3;5-7,9,12-13H,1-4H2;1-2H3;/q;-2;;+1. The Labute approximate surface area is 213 Å². The van der Waals surface area contributed by atoms with Crippen LogP contribution in [0.4, 0.5) is 4.79 Å². The third-order valence-electron chi connectivity index (χ3n) is 4.67. The minimum absolute atomic E-state index is 0. The van der Waals surface area contributed by atoms with Crippen molar-refractivity contribution in [2.75, 3.05) is 19.7 Å².